The lowest BCUT2D eigenvalue weighted by Crippen LogP contribution is -2.11. The first kappa shape index (κ1) is 13.1. The SMILES string of the molecule is Cc1ncccc1Oc1ccc(C(=N)N)c2ccccc12. The molecule has 104 valence electrons. The molecule has 0 aliphatic carbocycles. The fourth-order valence-corrected chi connectivity index (χ4v) is 2.29. The number of hydrogen-bond donors (Lipinski definition) is 2. The van der Waals surface area contributed by atoms with Crippen molar-refractivity contribution in [2.45, 2.75) is 6.92 Å². The Morgan fingerprint density at radius 2 is 1.76 bits per heavy atom. The Labute approximate surface area is 122 Å². The predicted molar refractivity (Wildman–Crippen MR) is 84.0 cm³/mol. The van der Waals surface area contributed by atoms with Crippen LogP contribution in [0, 0.1) is 12.3 Å². The molecule has 0 aliphatic rings. The monoisotopic (exact) mass is 277 g/mol. The van der Waals surface area contributed by atoms with Gasteiger partial charge >= 0.3 is 0 Å². The number of nitrogens with zero attached hydrogens (tertiary/aromatic N) is 1. The van der Waals surface area contributed by atoms with Gasteiger partial charge < -0.3 is 10.5 Å². The quantitative estimate of drug-likeness (QED) is 0.567. The van der Waals surface area contributed by atoms with Gasteiger partial charge in [-0.1, -0.05) is 24.3 Å². The summed E-state index contributed by atoms with van der Waals surface area (Å²) in [6, 6.07) is 15.1. The maximum absolute atomic E-state index is 7.67. The summed E-state index contributed by atoms with van der Waals surface area (Å²) in [4.78, 5) is 4.22. The van der Waals surface area contributed by atoms with Gasteiger partial charge in [0, 0.05) is 17.1 Å². The van der Waals surface area contributed by atoms with E-state index in [0.717, 1.165) is 28.0 Å². The molecule has 2 aromatic carbocycles. The standard InChI is InChI=1S/C17H15N3O/c1-11-15(7-4-10-20-11)21-16-9-8-14(17(18)19)12-5-2-3-6-13(12)16/h2-10H,1H3,(H3,18,19). The van der Waals surface area contributed by atoms with E-state index >= 15 is 0 Å². The zero-order chi connectivity index (χ0) is 14.8. The molecule has 1 heterocycles. The van der Waals surface area contributed by atoms with Crippen LogP contribution in [0.3, 0.4) is 0 Å². The van der Waals surface area contributed by atoms with Gasteiger partial charge in [0.1, 0.15) is 17.3 Å². The number of aromatic nitrogens is 1. The Kier molecular flexibility index (Phi) is 3.28. The highest BCUT2D eigenvalue weighted by Crippen LogP contribution is 2.32. The van der Waals surface area contributed by atoms with Gasteiger partial charge in [0.2, 0.25) is 0 Å². The summed E-state index contributed by atoms with van der Waals surface area (Å²) in [5, 5.41) is 9.50. The molecule has 3 N–H and O–H groups in total. The zero-order valence-corrected chi connectivity index (χ0v) is 11.6. The maximum Gasteiger partial charge on any atom is 0.148 e. The van der Waals surface area contributed by atoms with Crippen molar-refractivity contribution in [3.8, 4) is 11.5 Å². The summed E-state index contributed by atoms with van der Waals surface area (Å²) in [5.41, 5.74) is 7.18. The van der Waals surface area contributed by atoms with Gasteiger partial charge in [-0.05, 0) is 36.6 Å². The van der Waals surface area contributed by atoms with Crippen molar-refractivity contribution in [2.75, 3.05) is 0 Å². The second-order valence-electron chi connectivity index (χ2n) is 4.76. The van der Waals surface area contributed by atoms with Crippen molar-refractivity contribution in [2.24, 2.45) is 5.73 Å². The smallest absolute Gasteiger partial charge is 0.148 e. The summed E-state index contributed by atoms with van der Waals surface area (Å²) in [6.07, 6.45) is 1.74. The third kappa shape index (κ3) is 2.43. The van der Waals surface area contributed by atoms with E-state index in [1.54, 1.807) is 6.20 Å². The minimum atomic E-state index is 0.0512. The van der Waals surface area contributed by atoms with Crippen molar-refractivity contribution in [3.05, 3.63) is 66.0 Å². The number of rotatable bonds is 3. The number of nitrogens with one attached hydrogen (secondary N) is 1. The van der Waals surface area contributed by atoms with E-state index in [0.29, 0.717) is 5.56 Å². The van der Waals surface area contributed by atoms with Crippen molar-refractivity contribution in [3.63, 3.8) is 0 Å². The lowest BCUT2D eigenvalue weighted by Gasteiger charge is -2.12. The minimum absolute atomic E-state index is 0.0512. The van der Waals surface area contributed by atoms with Crippen LogP contribution in [0.4, 0.5) is 0 Å². The number of nitrogen functional groups attached to an aromatic ring is 1. The highest BCUT2D eigenvalue weighted by Gasteiger charge is 2.10. The number of amidine groups is 1. The number of ether oxygens (including phenoxy) is 1. The number of aryl methyl sites for hydroxylation is 1. The number of fused-ring (bicyclic) bond motifs is 1. The van der Waals surface area contributed by atoms with Gasteiger partial charge in [-0.15, -0.1) is 0 Å². The average Bonchev–Trinajstić information content (AvgIpc) is 2.49. The van der Waals surface area contributed by atoms with Gasteiger partial charge in [-0.25, -0.2) is 0 Å². The summed E-state index contributed by atoms with van der Waals surface area (Å²) >= 11 is 0. The molecule has 0 spiro atoms. The Bertz CT molecular complexity index is 827. The number of nitrogens with two attached hydrogens (primary N) is 1. The average molecular weight is 277 g/mol. The molecule has 4 nitrogen and oxygen atoms in total. The predicted octanol–water partition coefficient (Wildman–Crippen LogP) is 3.62. The van der Waals surface area contributed by atoms with Crippen molar-refractivity contribution < 1.29 is 4.74 Å². The van der Waals surface area contributed by atoms with Crippen LogP contribution < -0.4 is 10.5 Å². The third-order valence-corrected chi connectivity index (χ3v) is 3.35. The molecule has 0 saturated heterocycles. The molecule has 0 radical (unpaired) electrons. The zero-order valence-electron chi connectivity index (χ0n) is 11.6. The Hall–Kier alpha value is -2.88. The van der Waals surface area contributed by atoms with E-state index in [1.165, 1.54) is 0 Å². The van der Waals surface area contributed by atoms with Gasteiger partial charge in [0.15, 0.2) is 0 Å². The Balaban J connectivity index is 2.14. The van der Waals surface area contributed by atoms with Crippen molar-refractivity contribution in [1.82, 2.24) is 4.98 Å². The fourth-order valence-electron chi connectivity index (χ4n) is 2.29. The lowest BCUT2D eigenvalue weighted by atomic mass is 10.0. The van der Waals surface area contributed by atoms with E-state index in [2.05, 4.69) is 4.98 Å². The van der Waals surface area contributed by atoms with Gasteiger partial charge in [0.25, 0.3) is 0 Å². The topological polar surface area (TPSA) is 72.0 Å². The summed E-state index contributed by atoms with van der Waals surface area (Å²) in [7, 11) is 0. The highest BCUT2D eigenvalue weighted by atomic mass is 16.5. The van der Waals surface area contributed by atoms with E-state index in [-0.39, 0.29) is 5.84 Å². The molecule has 0 bridgehead atoms. The normalized spacial score (nSPS) is 10.5. The maximum atomic E-state index is 7.67. The van der Waals surface area contributed by atoms with Gasteiger partial charge in [-0.2, -0.15) is 0 Å². The summed E-state index contributed by atoms with van der Waals surface area (Å²) in [6.45, 7) is 1.90. The summed E-state index contributed by atoms with van der Waals surface area (Å²) < 4.78 is 5.98. The van der Waals surface area contributed by atoms with Crippen LogP contribution in [0.2, 0.25) is 0 Å². The number of pyridine rings is 1. The van der Waals surface area contributed by atoms with E-state index in [4.69, 9.17) is 15.9 Å². The Morgan fingerprint density at radius 1 is 1.00 bits per heavy atom. The first-order valence-electron chi connectivity index (χ1n) is 6.62. The van der Waals surface area contributed by atoms with Crippen LogP contribution in [0.15, 0.2) is 54.7 Å². The highest BCUT2D eigenvalue weighted by molar-refractivity contribution is 6.09. The van der Waals surface area contributed by atoms with E-state index in [1.807, 2.05) is 55.5 Å². The first-order chi connectivity index (χ1) is 10.2. The van der Waals surface area contributed by atoms with Crippen LogP contribution in [0.1, 0.15) is 11.3 Å². The van der Waals surface area contributed by atoms with Crippen LogP contribution in [0.25, 0.3) is 10.8 Å². The lowest BCUT2D eigenvalue weighted by molar-refractivity contribution is 0.481. The van der Waals surface area contributed by atoms with Crippen molar-refractivity contribution >= 4 is 16.6 Å². The Morgan fingerprint density at radius 3 is 2.48 bits per heavy atom. The van der Waals surface area contributed by atoms with Gasteiger partial charge in [0.05, 0.1) is 5.69 Å². The molecule has 4 heteroatoms. The van der Waals surface area contributed by atoms with Crippen molar-refractivity contribution in [1.29, 1.82) is 5.41 Å². The fraction of sp³-hybridized carbons (Fsp3) is 0.0588. The molecule has 3 rings (SSSR count). The molecule has 0 amide bonds. The van der Waals surface area contributed by atoms with Crippen LogP contribution in [-0.4, -0.2) is 10.8 Å². The molecule has 21 heavy (non-hydrogen) atoms. The first-order valence-corrected chi connectivity index (χ1v) is 6.62. The van der Waals surface area contributed by atoms with E-state index in [9.17, 15) is 0 Å². The van der Waals surface area contributed by atoms with Crippen LogP contribution >= 0.6 is 0 Å². The molecule has 0 fully saturated rings. The number of hydrogen-bond acceptors (Lipinski definition) is 3. The molecular weight excluding hydrogens is 262 g/mol. The molecular formula is C17H15N3O. The number of benzene rings is 2. The largest absolute Gasteiger partial charge is 0.455 e. The van der Waals surface area contributed by atoms with E-state index < -0.39 is 0 Å². The molecule has 3 aromatic rings. The minimum Gasteiger partial charge on any atom is -0.455 e. The third-order valence-electron chi connectivity index (χ3n) is 3.35. The van der Waals surface area contributed by atoms with Crippen LogP contribution in [0.5, 0.6) is 11.5 Å². The summed E-state index contributed by atoms with van der Waals surface area (Å²) in [5.74, 6) is 1.50. The van der Waals surface area contributed by atoms with Gasteiger partial charge in [-0.3, -0.25) is 10.4 Å². The second kappa shape index (κ2) is 5.25. The molecule has 0 saturated carbocycles. The molecule has 0 unspecified atom stereocenters. The molecule has 0 aliphatic heterocycles. The van der Waals surface area contributed by atoms with Crippen LogP contribution in [-0.2, 0) is 0 Å². The second-order valence-corrected chi connectivity index (χ2v) is 4.76. The molecule has 0 atom stereocenters. The molecule has 1 aromatic heterocycles.